The Hall–Kier alpha value is -3.56. The highest BCUT2D eigenvalue weighted by atomic mass is 19.2. The predicted octanol–water partition coefficient (Wildman–Crippen LogP) is 4.55. The number of carbonyl (C=O) groups is 1. The van der Waals surface area contributed by atoms with Crippen LogP contribution in [0.5, 0.6) is 0 Å². The number of nitrogens with one attached hydrogen (secondary N) is 1. The van der Waals surface area contributed by atoms with Crippen molar-refractivity contribution in [3.63, 3.8) is 0 Å². The summed E-state index contributed by atoms with van der Waals surface area (Å²) in [5, 5.41) is 2.69. The molecule has 0 unspecified atom stereocenters. The number of hydrogen-bond donors (Lipinski definition) is 1. The van der Waals surface area contributed by atoms with Crippen molar-refractivity contribution >= 4 is 23.0 Å². The molecule has 5 nitrogen and oxygen atoms in total. The third-order valence-corrected chi connectivity index (χ3v) is 5.02. The first kappa shape index (κ1) is 20.7. The second-order valence-electron chi connectivity index (χ2n) is 6.87. The van der Waals surface area contributed by atoms with Crippen molar-refractivity contribution in [1.29, 1.82) is 0 Å². The average Bonchev–Trinajstić information content (AvgIpc) is 3.33. The van der Waals surface area contributed by atoms with Crippen molar-refractivity contribution in [2.24, 2.45) is 0 Å². The van der Waals surface area contributed by atoms with Crippen LogP contribution in [-0.4, -0.2) is 32.1 Å². The number of amides is 1. The fourth-order valence-electron chi connectivity index (χ4n) is 3.42. The van der Waals surface area contributed by atoms with Gasteiger partial charge in [0.2, 0.25) is 5.82 Å². The number of rotatable bonds is 4. The molecule has 0 saturated carbocycles. The molecule has 4 rings (SSSR count). The molecule has 1 N–H and O–H groups in total. The van der Waals surface area contributed by atoms with E-state index in [4.69, 9.17) is 4.42 Å². The van der Waals surface area contributed by atoms with Gasteiger partial charge in [-0.15, -0.1) is 0 Å². The van der Waals surface area contributed by atoms with E-state index in [2.05, 4.69) is 5.32 Å². The van der Waals surface area contributed by atoms with E-state index in [1.807, 2.05) is 4.90 Å². The maximum Gasteiger partial charge on any atom is 0.291 e. The van der Waals surface area contributed by atoms with Gasteiger partial charge >= 0.3 is 0 Å². The van der Waals surface area contributed by atoms with Crippen molar-refractivity contribution in [2.45, 2.75) is 0 Å². The molecule has 10 heteroatoms. The normalized spacial score (nSPS) is 14.1. The Morgan fingerprint density at radius 1 is 0.774 bits per heavy atom. The van der Waals surface area contributed by atoms with Crippen LogP contribution in [0.3, 0.4) is 0 Å². The van der Waals surface area contributed by atoms with E-state index in [1.165, 1.54) is 12.3 Å². The maximum atomic E-state index is 14.0. The van der Waals surface area contributed by atoms with Gasteiger partial charge in [-0.2, -0.15) is 0 Å². The van der Waals surface area contributed by atoms with Crippen molar-refractivity contribution in [3.05, 3.63) is 77.5 Å². The average molecular weight is 437 g/mol. The third kappa shape index (κ3) is 3.92. The molecule has 0 atom stereocenters. The van der Waals surface area contributed by atoms with Crippen LogP contribution in [0.15, 0.2) is 47.1 Å². The number of carbonyl (C=O) groups excluding carboxylic acids is 1. The van der Waals surface area contributed by atoms with E-state index in [-0.39, 0.29) is 18.8 Å². The van der Waals surface area contributed by atoms with Crippen LogP contribution in [-0.2, 0) is 0 Å². The summed E-state index contributed by atoms with van der Waals surface area (Å²) in [4.78, 5) is 15.0. The lowest BCUT2D eigenvalue weighted by Crippen LogP contribution is -2.47. The molecular weight excluding hydrogens is 421 g/mol. The summed E-state index contributed by atoms with van der Waals surface area (Å²) in [7, 11) is 0. The Balaban J connectivity index is 1.42. The number of hydrogen-bond acceptors (Lipinski definition) is 4. The van der Waals surface area contributed by atoms with Gasteiger partial charge in [-0.05, 0) is 36.4 Å². The topological polar surface area (TPSA) is 48.7 Å². The lowest BCUT2D eigenvalue weighted by molar-refractivity contribution is 0.0996. The monoisotopic (exact) mass is 437 g/mol. The molecule has 1 aromatic heterocycles. The van der Waals surface area contributed by atoms with Crippen LogP contribution in [0.2, 0.25) is 0 Å². The highest BCUT2D eigenvalue weighted by Crippen LogP contribution is 2.31. The predicted molar refractivity (Wildman–Crippen MR) is 104 cm³/mol. The van der Waals surface area contributed by atoms with E-state index < -0.39 is 40.7 Å². The molecule has 1 aliphatic rings. The van der Waals surface area contributed by atoms with Crippen LogP contribution in [0, 0.1) is 29.1 Å². The molecule has 3 aromatic rings. The van der Waals surface area contributed by atoms with Crippen molar-refractivity contribution in [2.75, 3.05) is 41.3 Å². The van der Waals surface area contributed by atoms with E-state index >= 15 is 0 Å². The van der Waals surface area contributed by atoms with E-state index in [0.29, 0.717) is 18.8 Å². The van der Waals surface area contributed by atoms with Gasteiger partial charge in [-0.1, -0.05) is 0 Å². The van der Waals surface area contributed by atoms with E-state index in [1.54, 1.807) is 30.3 Å². The maximum absolute atomic E-state index is 14.0. The molecule has 1 amide bonds. The van der Waals surface area contributed by atoms with Gasteiger partial charge in [0.15, 0.2) is 29.0 Å². The minimum Gasteiger partial charge on any atom is -0.459 e. The molecule has 1 saturated heterocycles. The number of furan rings is 1. The van der Waals surface area contributed by atoms with E-state index in [0.717, 1.165) is 10.6 Å². The summed E-state index contributed by atoms with van der Waals surface area (Å²) in [5.41, 5.74) is 0.422. The zero-order valence-corrected chi connectivity index (χ0v) is 16.0. The summed E-state index contributed by atoms with van der Waals surface area (Å²) >= 11 is 0. The van der Waals surface area contributed by atoms with Gasteiger partial charge in [0, 0.05) is 37.6 Å². The number of nitrogens with zero attached hydrogens (tertiary/aromatic N) is 2. The molecule has 0 bridgehead atoms. The molecule has 1 fully saturated rings. The summed E-state index contributed by atoms with van der Waals surface area (Å²) in [5.74, 6) is -9.96. The number of anilines is 3. The molecule has 0 aliphatic carbocycles. The fraction of sp³-hybridized carbons (Fsp3) is 0.190. The van der Waals surface area contributed by atoms with Gasteiger partial charge < -0.3 is 19.5 Å². The van der Waals surface area contributed by atoms with Crippen LogP contribution in [0.4, 0.5) is 39.0 Å². The third-order valence-electron chi connectivity index (χ3n) is 5.02. The molecule has 31 heavy (non-hydrogen) atoms. The molecule has 2 aromatic carbocycles. The van der Waals surface area contributed by atoms with Crippen molar-refractivity contribution < 1.29 is 31.2 Å². The summed E-state index contributed by atoms with van der Waals surface area (Å²) in [6.45, 7) is 0.736. The molecule has 1 aliphatic heterocycles. The highest BCUT2D eigenvalue weighted by Gasteiger charge is 2.30. The molecule has 0 radical (unpaired) electrons. The molecule has 162 valence electrons. The standard InChI is InChI=1S/C21H16F5N3O2/c22-15-16(23)18(25)20(19(26)17(15)24)29-9-7-28(8-10-29)13-5-3-12(4-6-13)27-21(30)14-2-1-11-31-14/h1-6,11H,7-10H2,(H,27,30). The molecule has 2 heterocycles. The van der Waals surface area contributed by atoms with Crippen molar-refractivity contribution in [1.82, 2.24) is 0 Å². The molecular formula is C21H16F5N3O2. The minimum atomic E-state index is -2.17. The van der Waals surface area contributed by atoms with Crippen LogP contribution in [0.1, 0.15) is 10.6 Å². The molecule has 0 spiro atoms. The number of benzene rings is 2. The lowest BCUT2D eigenvalue weighted by atomic mass is 10.2. The van der Waals surface area contributed by atoms with Crippen LogP contribution >= 0.6 is 0 Å². The Bertz CT molecular complexity index is 1070. The Kier molecular flexibility index (Phi) is 5.53. The van der Waals surface area contributed by atoms with Crippen molar-refractivity contribution in [3.8, 4) is 0 Å². The first-order valence-corrected chi connectivity index (χ1v) is 9.33. The second-order valence-corrected chi connectivity index (χ2v) is 6.87. The second kappa shape index (κ2) is 8.29. The lowest BCUT2D eigenvalue weighted by Gasteiger charge is -2.37. The summed E-state index contributed by atoms with van der Waals surface area (Å²) in [6.07, 6.45) is 1.39. The largest absolute Gasteiger partial charge is 0.459 e. The van der Waals surface area contributed by atoms with Gasteiger partial charge in [-0.25, -0.2) is 22.0 Å². The number of piperazine rings is 1. The van der Waals surface area contributed by atoms with Gasteiger partial charge in [-0.3, -0.25) is 4.79 Å². The van der Waals surface area contributed by atoms with Crippen LogP contribution in [0.25, 0.3) is 0 Å². The first-order valence-electron chi connectivity index (χ1n) is 9.33. The SMILES string of the molecule is O=C(Nc1ccc(N2CCN(c3c(F)c(F)c(F)c(F)c3F)CC2)cc1)c1ccco1. The Labute approximate surface area is 173 Å². The quantitative estimate of drug-likeness (QED) is 0.370. The van der Waals surface area contributed by atoms with Gasteiger partial charge in [0.05, 0.1) is 6.26 Å². The smallest absolute Gasteiger partial charge is 0.291 e. The number of halogens is 5. The highest BCUT2D eigenvalue weighted by molar-refractivity contribution is 6.02. The summed E-state index contributed by atoms with van der Waals surface area (Å²) in [6, 6.07) is 10.0. The first-order chi connectivity index (χ1) is 14.9. The fourth-order valence-corrected chi connectivity index (χ4v) is 3.42. The minimum absolute atomic E-state index is 0.0648. The zero-order chi connectivity index (χ0) is 22.1. The van der Waals surface area contributed by atoms with E-state index in [9.17, 15) is 26.7 Å². The zero-order valence-electron chi connectivity index (χ0n) is 16.0. The van der Waals surface area contributed by atoms with Gasteiger partial charge in [0.25, 0.3) is 5.91 Å². The summed E-state index contributed by atoms with van der Waals surface area (Å²) < 4.78 is 73.3. The Morgan fingerprint density at radius 2 is 1.32 bits per heavy atom. The van der Waals surface area contributed by atoms with Crippen LogP contribution < -0.4 is 15.1 Å². The Morgan fingerprint density at radius 3 is 1.87 bits per heavy atom. The van der Waals surface area contributed by atoms with Gasteiger partial charge in [0.1, 0.15) is 5.69 Å².